The van der Waals surface area contributed by atoms with E-state index in [0.29, 0.717) is 17.4 Å². The molecule has 2 aromatic rings. The van der Waals surface area contributed by atoms with Crippen molar-refractivity contribution in [2.24, 2.45) is 4.99 Å². The van der Waals surface area contributed by atoms with Gasteiger partial charge in [0, 0.05) is 18.7 Å². The van der Waals surface area contributed by atoms with Crippen LogP contribution >= 0.6 is 11.8 Å². The summed E-state index contributed by atoms with van der Waals surface area (Å²) in [6.45, 7) is 8.02. The lowest BCUT2D eigenvalue weighted by Crippen LogP contribution is -2.33. The van der Waals surface area contributed by atoms with Crippen LogP contribution < -0.4 is 10.1 Å². The Morgan fingerprint density at radius 3 is 2.63 bits per heavy atom. The standard InChI is InChI=1S/C23H25N3O3S/c1-5-12-26-22(28)20(14-21(27)25-19-11-6-15(2)13-16(19)3)30-23(26)24-17-7-9-18(29-4)10-8-17/h5-11,13,20H,1,12,14H2,2-4H3,(H,25,27)/t20-/m0/s1. The van der Waals surface area contributed by atoms with Crippen molar-refractivity contribution in [2.75, 3.05) is 19.0 Å². The molecular weight excluding hydrogens is 398 g/mol. The average molecular weight is 424 g/mol. The van der Waals surface area contributed by atoms with Crippen LogP contribution in [-0.4, -0.2) is 40.8 Å². The molecule has 0 radical (unpaired) electrons. The fourth-order valence-electron chi connectivity index (χ4n) is 3.11. The summed E-state index contributed by atoms with van der Waals surface area (Å²) in [6, 6.07) is 13.1. The van der Waals surface area contributed by atoms with Crippen LogP contribution in [0.15, 0.2) is 60.1 Å². The number of benzene rings is 2. The molecule has 30 heavy (non-hydrogen) atoms. The maximum atomic E-state index is 12.9. The van der Waals surface area contributed by atoms with Crippen molar-refractivity contribution in [3.8, 4) is 5.75 Å². The minimum Gasteiger partial charge on any atom is -0.497 e. The molecule has 6 nitrogen and oxygen atoms in total. The number of methoxy groups -OCH3 is 1. The summed E-state index contributed by atoms with van der Waals surface area (Å²) in [4.78, 5) is 31.6. The van der Waals surface area contributed by atoms with Crippen LogP contribution in [0.25, 0.3) is 0 Å². The van der Waals surface area contributed by atoms with Crippen LogP contribution in [0.3, 0.4) is 0 Å². The van der Waals surface area contributed by atoms with Crippen molar-refractivity contribution < 1.29 is 14.3 Å². The van der Waals surface area contributed by atoms with Crippen molar-refractivity contribution >= 4 is 40.1 Å². The van der Waals surface area contributed by atoms with Gasteiger partial charge in [0.2, 0.25) is 11.8 Å². The zero-order valence-electron chi connectivity index (χ0n) is 17.3. The van der Waals surface area contributed by atoms with Crippen LogP contribution in [0.1, 0.15) is 17.5 Å². The first kappa shape index (κ1) is 21.6. The largest absolute Gasteiger partial charge is 0.497 e. The van der Waals surface area contributed by atoms with E-state index in [-0.39, 0.29) is 18.2 Å². The first-order valence-electron chi connectivity index (χ1n) is 9.60. The fraction of sp³-hybridized carbons (Fsp3) is 0.261. The summed E-state index contributed by atoms with van der Waals surface area (Å²) in [6.07, 6.45) is 1.73. The number of thioether (sulfide) groups is 1. The molecule has 156 valence electrons. The second-order valence-corrected chi connectivity index (χ2v) is 8.18. The van der Waals surface area contributed by atoms with Crippen molar-refractivity contribution in [2.45, 2.75) is 25.5 Å². The number of nitrogens with one attached hydrogen (secondary N) is 1. The second kappa shape index (κ2) is 9.63. The number of carbonyl (C=O) groups excluding carboxylic acids is 2. The number of hydrogen-bond donors (Lipinski definition) is 1. The molecule has 1 heterocycles. The maximum Gasteiger partial charge on any atom is 0.242 e. The van der Waals surface area contributed by atoms with Gasteiger partial charge in [0.1, 0.15) is 11.0 Å². The lowest BCUT2D eigenvalue weighted by atomic mass is 10.1. The molecule has 1 N–H and O–H groups in total. The number of ether oxygens (including phenoxy) is 1. The molecule has 0 aromatic heterocycles. The van der Waals surface area contributed by atoms with Gasteiger partial charge in [0.15, 0.2) is 5.17 Å². The van der Waals surface area contributed by atoms with Gasteiger partial charge in [0.05, 0.1) is 12.8 Å². The highest BCUT2D eigenvalue weighted by molar-refractivity contribution is 8.15. The van der Waals surface area contributed by atoms with Crippen LogP contribution in [0, 0.1) is 13.8 Å². The molecule has 2 amide bonds. The number of amidine groups is 1. The minimum atomic E-state index is -0.521. The average Bonchev–Trinajstić information content (AvgIpc) is 3.00. The first-order chi connectivity index (χ1) is 14.4. The van der Waals surface area contributed by atoms with E-state index < -0.39 is 5.25 Å². The number of amides is 2. The lowest BCUT2D eigenvalue weighted by Gasteiger charge is -2.14. The van der Waals surface area contributed by atoms with Crippen molar-refractivity contribution in [1.82, 2.24) is 4.90 Å². The first-order valence-corrected chi connectivity index (χ1v) is 10.5. The minimum absolute atomic E-state index is 0.0755. The predicted octanol–water partition coefficient (Wildman–Crippen LogP) is 4.46. The summed E-state index contributed by atoms with van der Waals surface area (Å²) < 4.78 is 5.16. The second-order valence-electron chi connectivity index (χ2n) is 7.01. The third kappa shape index (κ3) is 5.10. The SMILES string of the molecule is C=CCN1C(=O)[C@H](CC(=O)Nc2ccc(C)cc2C)SC1=Nc1ccc(OC)cc1. The highest BCUT2D eigenvalue weighted by atomic mass is 32.2. The van der Waals surface area contributed by atoms with Crippen LogP contribution in [-0.2, 0) is 9.59 Å². The molecule has 0 unspecified atom stereocenters. The molecule has 7 heteroatoms. The van der Waals surface area contributed by atoms with Gasteiger partial charge in [-0.2, -0.15) is 0 Å². The van der Waals surface area contributed by atoms with Crippen LogP contribution in [0.4, 0.5) is 11.4 Å². The Kier molecular flexibility index (Phi) is 6.95. The van der Waals surface area contributed by atoms with Gasteiger partial charge in [-0.1, -0.05) is 35.5 Å². The van der Waals surface area contributed by atoms with Gasteiger partial charge < -0.3 is 10.1 Å². The Labute approximate surface area is 181 Å². The molecule has 1 saturated heterocycles. The Morgan fingerprint density at radius 2 is 2.00 bits per heavy atom. The predicted molar refractivity (Wildman–Crippen MR) is 123 cm³/mol. The molecule has 1 atom stereocenters. The van der Waals surface area contributed by atoms with Crippen LogP contribution in [0.5, 0.6) is 5.75 Å². The zero-order chi connectivity index (χ0) is 21.7. The third-order valence-corrected chi connectivity index (χ3v) is 5.83. The van der Waals surface area contributed by atoms with Gasteiger partial charge >= 0.3 is 0 Å². The monoisotopic (exact) mass is 423 g/mol. The highest BCUT2D eigenvalue weighted by Gasteiger charge is 2.38. The quantitative estimate of drug-likeness (QED) is 0.668. The van der Waals surface area contributed by atoms with Crippen molar-refractivity contribution in [1.29, 1.82) is 0 Å². The number of hydrogen-bond acceptors (Lipinski definition) is 5. The van der Waals surface area contributed by atoms with E-state index in [0.717, 1.165) is 22.6 Å². The molecule has 2 aromatic carbocycles. The number of nitrogens with zero attached hydrogens (tertiary/aromatic N) is 2. The van der Waals surface area contributed by atoms with E-state index in [1.165, 1.54) is 11.8 Å². The van der Waals surface area contributed by atoms with E-state index in [4.69, 9.17) is 4.74 Å². The molecule has 1 aliphatic rings. The fourth-order valence-corrected chi connectivity index (χ4v) is 4.28. The Hall–Kier alpha value is -3.06. The van der Waals surface area contributed by atoms with Crippen molar-refractivity contribution in [3.63, 3.8) is 0 Å². The van der Waals surface area contributed by atoms with Gasteiger partial charge in [-0.3, -0.25) is 14.5 Å². The molecule has 0 bridgehead atoms. The van der Waals surface area contributed by atoms with Gasteiger partial charge in [-0.15, -0.1) is 6.58 Å². The molecule has 0 aliphatic carbocycles. The summed E-state index contributed by atoms with van der Waals surface area (Å²) in [5.41, 5.74) is 3.59. The molecule has 3 rings (SSSR count). The molecular formula is C23H25N3O3S. The zero-order valence-corrected chi connectivity index (χ0v) is 18.2. The summed E-state index contributed by atoms with van der Waals surface area (Å²) in [5, 5.41) is 2.96. The smallest absolute Gasteiger partial charge is 0.242 e. The number of anilines is 1. The normalized spacial score (nSPS) is 17.3. The van der Waals surface area contributed by atoms with Crippen molar-refractivity contribution in [3.05, 3.63) is 66.2 Å². The topological polar surface area (TPSA) is 71.0 Å². The summed E-state index contributed by atoms with van der Waals surface area (Å²) >= 11 is 1.30. The number of aliphatic imine (C=N–C) groups is 1. The van der Waals surface area contributed by atoms with E-state index in [1.54, 1.807) is 18.1 Å². The molecule has 1 fully saturated rings. The van der Waals surface area contributed by atoms with Gasteiger partial charge in [-0.05, 0) is 49.7 Å². The lowest BCUT2D eigenvalue weighted by molar-refractivity contribution is -0.127. The van der Waals surface area contributed by atoms with E-state index in [9.17, 15) is 9.59 Å². The van der Waals surface area contributed by atoms with Crippen LogP contribution in [0.2, 0.25) is 0 Å². The molecule has 0 saturated carbocycles. The summed E-state index contributed by atoms with van der Waals surface area (Å²) in [7, 11) is 1.60. The molecule has 0 spiro atoms. The Balaban J connectivity index is 1.73. The maximum absolute atomic E-state index is 12.9. The van der Waals surface area contributed by atoms with Gasteiger partial charge in [-0.25, -0.2) is 4.99 Å². The summed E-state index contributed by atoms with van der Waals surface area (Å²) in [5.74, 6) is 0.401. The Bertz CT molecular complexity index is 986. The van der Waals surface area contributed by atoms with E-state index >= 15 is 0 Å². The third-order valence-electron chi connectivity index (χ3n) is 4.66. The number of carbonyl (C=O) groups is 2. The van der Waals surface area contributed by atoms with Gasteiger partial charge in [0.25, 0.3) is 0 Å². The van der Waals surface area contributed by atoms with E-state index in [1.807, 2.05) is 56.3 Å². The number of rotatable bonds is 7. The highest BCUT2D eigenvalue weighted by Crippen LogP contribution is 2.32. The van der Waals surface area contributed by atoms with E-state index in [2.05, 4.69) is 16.9 Å². The Morgan fingerprint density at radius 1 is 1.27 bits per heavy atom. The number of aryl methyl sites for hydroxylation is 2. The molecule has 1 aliphatic heterocycles.